The van der Waals surface area contributed by atoms with E-state index in [9.17, 15) is 9.18 Å². The third kappa shape index (κ3) is 4.74. The lowest BCUT2D eigenvalue weighted by Gasteiger charge is -2.02. The Kier molecular flexibility index (Phi) is 5.20. The summed E-state index contributed by atoms with van der Waals surface area (Å²) in [6.45, 7) is -0.158. The molecule has 0 N–H and O–H groups in total. The van der Waals surface area contributed by atoms with Crippen LogP contribution in [0.1, 0.15) is 22.1 Å². The molecule has 0 aliphatic rings. The average Bonchev–Trinajstić information content (AvgIpc) is 3.08. The molecule has 128 valence electrons. The molecular weight excluding hydrogens is 353 g/mol. The van der Waals surface area contributed by atoms with Crippen molar-refractivity contribution in [3.63, 3.8) is 0 Å². The van der Waals surface area contributed by atoms with Gasteiger partial charge >= 0.3 is 5.97 Å². The molecule has 0 aliphatic carbocycles. The number of benzene rings is 1. The Morgan fingerprint density at radius 2 is 1.96 bits per heavy atom. The van der Waals surface area contributed by atoms with Gasteiger partial charge in [0.15, 0.2) is 13.2 Å². The van der Waals surface area contributed by atoms with Crippen LogP contribution in [0.4, 0.5) is 4.39 Å². The monoisotopic (exact) mass is 363 g/mol. The Morgan fingerprint density at radius 3 is 2.68 bits per heavy atom. The maximum Gasteiger partial charge on any atom is 0.340 e. The topological polar surface area (TPSA) is 87.3 Å². The molecule has 0 fully saturated rings. The molecule has 0 radical (unpaired) electrons. The predicted molar refractivity (Wildman–Crippen MR) is 83.4 cm³/mol. The highest BCUT2D eigenvalue weighted by Crippen LogP contribution is 2.13. The van der Waals surface area contributed by atoms with Crippen molar-refractivity contribution < 1.29 is 23.2 Å². The van der Waals surface area contributed by atoms with E-state index in [-0.39, 0.29) is 41.5 Å². The highest BCUT2D eigenvalue weighted by molar-refractivity contribution is 6.29. The summed E-state index contributed by atoms with van der Waals surface area (Å²) in [5, 5.41) is 3.98. The number of ether oxygens (including phenoxy) is 2. The lowest BCUT2D eigenvalue weighted by molar-refractivity contribution is 0.0429. The molecule has 0 atom stereocenters. The second-order valence-corrected chi connectivity index (χ2v) is 5.18. The Balaban J connectivity index is 1.50. The molecule has 0 spiro atoms. The van der Waals surface area contributed by atoms with Gasteiger partial charge < -0.3 is 14.0 Å². The number of aromatic nitrogens is 3. The van der Waals surface area contributed by atoms with Crippen LogP contribution in [0.5, 0.6) is 5.75 Å². The van der Waals surface area contributed by atoms with Gasteiger partial charge in [0.25, 0.3) is 5.89 Å². The summed E-state index contributed by atoms with van der Waals surface area (Å²) in [7, 11) is 0. The van der Waals surface area contributed by atoms with Crippen LogP contribution >= 0.6 is 11.6 Å². The van der Waals surface area contributed by atoms with Crippen molar-refractivity contribution in [1.29, 1.82) is 0 Å². The van der Waals surface area contributed by atoms with E-state index in [0.29, 0.717) is 5.75 Å². The second-order valence-electron chi connectivity index (χ2n) is 4.79. The van der Waals surface area contributed by atoms with Gasteiger partial charge in [0.2, 0.25) is 5.82 Å². The first kappa shape index (κ1) is 16.8. The summed E-state index contributed by atoms with van der Waals surface area (Å²) >= 11 is 5.65. The van der Waals surface area contributed by atoms with E-state index < -0.39 is 5.97 Å². The fourth-order valence-electron chi connectivity index (χ4n) is 1.79. The first-order valence-corrected chi connectivity index (χ1v) is 7.46. The van der Waals surface area contributed by atoms with E-state index in [1.807, 2.05) is 0 Å². The van der Waals surface area contributed by atoms with Crippen LogP contribution in [-0.2, 0) is 18.0 Å². The smallest absolute Gasteiger partial charge is 0.340 e. The van der Waals surface area contributed by atoms with Crippen molar-refractivity contribution in [3.8, 4) is 5.75 Å². The summed E-state index contributed by atoms with van der Waals surface area (Å²) in [6, 6.07) is 8.50. The van der Waals surface area contributed by atoms with Crippen LogP contribution < -0.4 is 4.74 Å². The fraction of sp³-hybridized carbons (Fsp3) is 0.125. The van der Waals surface area contributed by atoms with Gasteiger partial charge in [0, 0.05) is 6.20 Å². The number of esters is 1. The van der Waals surface area contributed by atoms with Gasteiger partial charge in [0.05, 0.1) is 5.56 Å². The molecule has 9 heteroatoms. The van der Waals surface area contributed by atoms with Crippen molar-refractivity contribution in [3.05, 3.63) is 70.8 Å². The molecule has 0 amide bonds. The van der Waals surface area contributed by atoms with E-state index in [1.165, 1.54) is 42.6 Å². The number of hydrogen-bond acceptors (Lipinski definition) is 7. The van der Waals surface area contributed by atoms with Crippen LogP contribution in [0.15, 0.2) is 47.1 Å². The zero-order valence-electron chi connectivity index (χ0n) is 12.7. The van der Waals surface area contributed by atoms with E-state index in [1.54, 1.807) is 0 Å². The number of hydrogen-bond donors (Lipinski definition) is 0. The molecule has 0 saturated heterocycles. The molecule has 2 aromatic heterocycles. The molecule has 0 saturated carbocycles. The van der Waals surface area contributed by atoms with Crippen molar-refractivity contribution in [1.82, 2.24) is 15.1 Å². The Labute approximate surface area is 146 Å². The minimum absolute atomic E-state index is 0.0319. The number of halogens is 2. The van der Waals surface area contributed by atoms with Gasteiger partial charge in [-0.3, -0.25) is 0 Å². The third-order valence-corrected chi connectivity index (χ3v) is 3.21. The quantitative estimate of drug-likeness (QED) is 0.491. The van der Waals surface area contributed by atoms with E-state index >= 15 is 0 Å². The molecule has 3 aromatic rings. The second kappa shape index (κ2) is 7.71. The molecule has 1 aromatic carbocycles. The minimum atomic E-state index is -0.591. The van der Waals surface area contributed by atoms with Crippen LogP contribution in [-0.4, -0.2) is 21.1 Å². The van der Waals surface area contributed by atoms with Crippen LogP contribution in [0, 0.1) is 5.82 Å². The summed E-state index contributed by atoms with van der Waals surface area (Å²) in [6.07, 6.45) is 1.31. The average molecular weight is 364 g/mol. The zero-order chi connectivity index (χ0) is 17.6. The van der Waals surface area contributed by atoms with E-state index in [2.05, 4.69) is 15.1 Å². The highest BCUT2D eigenvalue weighted by Gasteiger charge is 2.12. The lowest BCUT2D eigenvalue weighted by Crippen LogP contribution is -2.06. The largest absolute Gasteiger partial charge is 0.485 e. The molecule has 2 heterocycles. The van der Waals surface area contributed by atoms with Gasteiger partial charge in [-0.15, -0.1) is 0 Å². The van der Waals surface area contributed by atoms with Crippen LogP contribution in [0.25, 0.3) is 0 Å². The van der Waals surface area contributed by atoms with Gasteiger partial charge in [-0.2, -0.15) is 4.98 Å². The van der Waals surface area contributed by atoms with Crippen LogP contribution in [0.3, 0.4) is 0 Å². The molecule has 0 bridgehead atoms. The number of nitrogens with zero attached hydrogens (tertiary/aromatic N) is 3. The number of rotatable bonds is 6. The van der Waals surface area contributed by atoms with E-state index in [0.717, 1.165) is 0 Å². The maximum absolute atomic E-state index is 12.8. The Morgan fingerprint density at radius 1 is 1.16 bits per heavy atom. The number of carbonyl (C=O) groups excluding carboxylic acids is 1. The maximum atomic E-state index is 12.8. The van der Waals surface area contributed by atoms with Crippen molar-refractivity contribution in [2.45, 2.75) is 13.2 Å². The third-order valence-electron chi connectivity index (χ3n) is 2.98. The number of carbonyl (C=O) groups is 1. The predicted octanol–water partition coefficient (Wildman–Crippen LogP) is 3.19. The summed E-state index contributed by atoms with van der Waals surface area (Å²) < 4.78 is 28.2. The van der Waals surface area contributed by atoms with Gasteiger partial charge in [-0.25, -0.2) is 14.2 Å². The molecule has 7 nitrogen and oxygen atoms in total. The highest BCUT2D eigenvalue weighted by atomic mass is 35.5. The normalized spacial score (nSPS) is 10.5. The molecule has 3 rings (SSSR count). The summed E-state index contributed by atoms with van der Waals surface area (Å²) in [5.41, 5.74) is 0.254. The van der Waals surface area contributed by atoms with Crippen LogP contribution in [0.2, 0.25) is 5.15 Å². The standard InChI is InChI=1S/C16H11ClFN3O4/c17-13-6-1-10(7-19-13)16(22)24-9-15-20-14(21-25-15)8-23-12-4-2-11(18)3-5-12/h1-7H,8-9H2. The van der Waals surface area contributed by atoms with Crippen molar-refractivity contribution in [2.75, 3.05) is 0 Å². The lowest BCUT2D eigenvalue weighted by atomic mass is 10.3. The number of pyridine rings is 1. The zero-order valence-corrected chi connectivity index (χ0v) is 13.4. The van der Waals surface area contributed by atoms with Crippen molar-refractivity contribution in [2.24, 2.45) is 0 Å². The van der Waals surface area contributed by atoms with Gasteiger partial charge in [0.1, 0.15) is 16.7 Å². The minimum Gasteiger partial charge on any atom is -0.485 e. The Bertz CT molecular complexity index is 853. The van der Waals surface area contributed by atoms with E-state index in [4.69, 9.17) is 25.6 Å². The molecule has 0 unspecified atom stereocenters. The molecule has 25 heavy (non-hydrogen) atoms. The molecular formula is C16H11ClFN3O4. The first-order chi connectivity index (χ1) is 12.1. The van der Waals surface area contributed by atoms with Gasteiger partial charge in [-0.05, 0) is 36.4 Å². The summed E-state index contributed by atoms with van der Waals surface area (Å²) in [5.74, 6) is -0.0932. The Hall–Kier alpha value is -3.00. The first-order valence-electron chi connectivity index (χ1n) is 7.08. The van der Waals surface area contributed by atoms with Gasteiger partial charge in [-0.1, -0.05) is 16.8 Å². The summed E-state index contributed by atoms with van der Waals surface area (Å²) in [4.78, 5) is 19.6. The van der Waals surface area contributed by atoms with Crippen molar-refractivity contribution >= 4 is 17.6 Å². The SMILES string of the molecule is O=C(OCc1nc(COc2ccc(F)cc2)no1)c1ccc(Cl)nc1. The molecule has 0 aliphatic heterocycles. The fourth-order valence-corrected chi connectivity index (χ4v) is 1.91.